The Hall–Kier alpha value is -1.84. The number of nitrogens with zero attached hydrogens (tertiary/aromatic N) is 1. The Kier molecular flexibility index (Phi) is 4.69. The summed E-state index contributed by atoms with van der Waals surface area (Å²) in [5, 5.41) is 8.63. The lowest BCUT2D eigenvalue weighted by Crippen LogP contribution is -2.24. The molecular weight excluding hydrogens is 221 g/mol. The van der Waals surface area contributed by atoms with Crippen LogP contribution in [0.5, 0.6) is 0 Å². The molecule has 92 valence electrons. The molecule has 0 amide bonds. The fourth-order valence-corrected chi connectivity index (χ4v) is 1.60. The van der Waals surface area contributed by atoms with E-state index < -0.39 is 5.97 Å². The average Bonchev–Trinajstić information content (AvgIpc) is 2.26. The van der Waals surface area contributed by atoms with E-state index in [2.05, 4.69) is 0 Å². The van der Waals surface area contributed by atoms with E-state index in [4.69, 9.17) is 5.11 Å². The van der Waals surface area contributed by atoms with Crippen LogP contribution in [0.15, 0.2) is 35.9 Å². The summed E-state index contributed by atoms with van der Waals surface area (Å²) < 4.78 is 12.8. The number of hydrogen-bond acceptors (Lipinski definition) is 2. The van der Waals surface area contributed by atoms with Crippen LogP contribution in [0.3, 0.4) is 0 Å². The number of carbonyl (C=O) groups is 1. The SMILES string of the molecule is CCN(CC(C)=CC(=O)O)c1ccc(F)cc1. The maximum atomic E-state index is 12.8. The second-order valence-electron chi connectivity index (χ2n) is 3.82. The topological polar surface area (TPSA) is 40.5 Å². The highest BCUT2D eigenvalue weighted by Gasteiger charge is 2.05. The fraction of sp³-hybridized carbons (Fsp3) is 0.308. The highest BCUT2D eigenvalue weighted by atomic mass is 19.1. The van der Waals surface area contributed by atoms with Gasteiger partial charge in [-0.2, -0.15) is 0 Å². The van der Waals surface area contributed by atoms with Gasteiger partial charge in [0.05, 0.1) is 0 Å². The number of likely N-dealkylation sites (N-methyl/N-ethyl adjacent to an activating group) is 1. The van der Waals surface area contributed by atoms with Crippen molar-refractivity contribution in [3.8, 4) is 0 Å². The van der Waals surface area contributed by atoms with Gasteiger partial charge in [-0.1, -0.05) is 0 Å². The van der Waals surface area contributed by atoms with Crippen LogP contribution in [0.4, 0.5) is 10.1 Å². The molecule has 0 saturated carbocycles. The monoisotopic (exact) mass is 237 g/mol. The molecule has 1 N–H and O–H groups in total. The summed E-state index contributed by atoms with van der Waals surface area (Å²) in [6.45, 7) is 4.99. The normalized spacial score (nSPS) is 11.4. The Morgan fingerprint density at radius 3 is 2.47 bits per heavy atom. The summed E-state index contributed by atoms with van der Waals surface area (Å²) in [5.74, 6) is -1.22. The number of carboxylic acid groups (broad SMARTS) is 1. The van der Waals surface area contributed by atoms with Crippen LogP contribution in [0, 0.1) is 5.82 Å². The Bertz CT molecular complexity index is 412. The molecule has 0 aliphatic carbocycles. The van der Waals surface area contributed by atoms with E-state index in [1.165, 1.54) is 18.2 Å². The number of anilines is 1. The van der Waals surface area contributed by atoms with E-state index in [0.29, 0.717) is 6.54 Å². The van der Waals surface area contributed by atoms with Crippen molar-refractivity contribution in [2.45, 2.75) is 13.8 Å². The highest BCUT2D eigenvalue weighted by molar-refractivity contribution is 5.80. The van der Waals surface area contributed by atoms with E-state index in [0.717, 1.165) is 17.8 Å². The summed E-state index contributed by atoms with van der Waals surface area (Å²) in [4.78, 5) is 12.5. The molecule has 17 heavy (non-hydrogen) atoms. The third-order valence-electron chi connectivity index (χ3n) is 2.38. The fourth-order valence-electron chi connectivity index (χ4n) is 1.60. The third-order valence-corrected chi connectivity index (χ3v) is 2.38. The predicted molar refractivity (Wildman–Crippen MR) is 65.7 cm³/mol. The molecule has 0 saturated heterocycles. The minimum Gasteiger partial charge on any atom is -0.478 e. The first-order chi connectivity index (χ1) is 8.02. The second-order valence-corrected chi connectivity index (χ2v) is 3.82. The van der Waals surface area contributed by atoms with E-state index in [1.54, 1.807) is 19.1 Å². The van der Waals surface area contributed by atoms with Crippen molar-refractivity contribution in [3.63, 3.8) is 0 Å². The lowest BCUT2D eigenvalue weighted by Gasteiger charge is -2.23. The van der Waals surface area contributed by atoms with Gasteiger partial charge in [0.15, 0.2) is 0 Å². The first-order valence-corrected chi connectivity index (χ1v) is 5.43. The minimum atomic E-state index is -0.947. The van der Waals surface area contributed by atoms with Crippen LogP contribution in [0.2, 0.25) is 0 Å². The lowest BCUT2D eigenvalue weighted by atomic mass is 10.2. The van der Waals surface area contributed by atoms with Gasteiger partial charge in [-0.15, -0.1) is 0 Å². The largest absolute Gasteiger partial charge is 0.478 e. The number of benzene rings is 1. The van der Waals surface area contributed by atoms with Gasteiger partial charge in [0.2, 0.25) is 0 Å². The zero-order valence-electron chi connectivity index (χ0n) is 9.98. The first kappa shape index (κ1) is 13.2. The number of carboxylic acids is 1. The van der Waals surface area contributed by atoms with Gasteiger partial charge >= 0.3 is 5.97 Å². The smallest absolute Gasteiger partial charge is 0.328 e. The average molecular weight is 237 g/mol. The Morgan fingerprint density at radius 1 is 1.41 bits per heavy atom. The molecule has 1 aromatic rings. The molecule has 1 rings (SSSR count). The van der Waals surface area contributed by atoms with Crippen LogP contribution < -0.4 is 4.90 Å². The van der Waals surface area contributed by atoms with Gasteiger partial charge in [-0.3, -0.25) is 0 Å². The first-order valence-electron chi connectivity index (χ1n) is 5.43. The molecule has 4 heteroatoms. The lowest BCUT2D eigenvalue weighted by molar-refractivity contribution is -0.131. The van der Waals surface area contributed by atoms with Gasteiger partial charge in [-0.05, 0) is 43.7 Å². The highest BCUT2D eigenvalue weighted by Crippen LogP contribution is 2.15. The van der Waals surface area contributed by atoms with Crippen LogP contribution >= 0.6 is 0 Å². The van der Waals surface area contributed by atoms with E-state index in [-0.39, 0.29) is 5.82 Å². The van der Waals surface area contributed by atoms with Crippen LogP contribution in [-0.4, -0.2) is 24.2 Å². The zero-order valence-corrected chi connectivity index (χ0v) is 9.98. The van der Waals surface area contributed by atoms with Crippen molar-refractivity contribution in [3.05, 3.63) is 41.7 Å². The number of aliphatic carboxylic acids is 1. The summed E-state index contributed by atoms with van der Waals surface area (Å²) in [7, 11) is 0. The van der Waals surface area contributed by atoms with Crippen molar-refractivity contribution in [2.24, 2.45) is 0 Å². The molecule has 0 spiro atoms. The molecule has 0 heterocycles. The van der Waals surface area contributed by atoms with Crippen molar-refractivity contribution >= 4 is 11.7 Å². The van der Waals surface area contributed by atoms with Crippen LogP contribution in [-0.2, 0) is 4.79 Å². The Morgan fingerprint density at radius 2 is 2.00 bits per heavy atom. The molecule has 0 aliphatic heterocycles. The molecule has 1 aromatic carbocycles. The van der Waals surface area contributed by atoms with E-state index in [1.807, 2.05) is 11.8 Å². The molecule has 0 aromatic heterocycles. The standard InChI is InChI=1S/C13H16FNO2/c1-3-15(9-10(2)8-13(16)17)12-6-4-11(14)5-7-12/h4-8H,3,9H2,1-2H3,(H,16,17). The quantitative estimate of drug-likeness (QED) is 0.800. The number of rotatable bonds is 5. The van der Waals surface area contributed by atoms with Crippen LogP contribution in [0.25, 0.3) is 0 Å². The van der Waals surface area contributed by atoms with Gasteiger partial charge < -0.3 is 10.0 Å². The molecule has 0 unspecified atom stereocenters. The van der Waals surface area contributed by atoms with Crippen molar-refractivity contribution < 1.29 is 14.3 Å². The summed E-state index contributed by atoms with van der Waals surface area (Å²) >= 11 is 0. The minimum absolute atomic E-state index is 0.275. The van der Waals surface area contributed by atoms with Gasteiger partial charge in [0.25, 0.3) is 0 Å². The summed E-state index contributed by atoms with van der Waals surface area (Å²) in [5.41, 5.74) is 1.63. The molecule has 3 nitrogen and oxygen atoms in total. The second kappa shape index (κ2) is 6.03. The molecular formula is C13H16FNO2. The van der Waals surface area contributed by atoms with E-state index in [9.17, 15) is 9.18 Å². The van der Waals surface area contributed by atoms with Crippen molar-refractivity contribution in [1.29, 1.82) is 0 Å². The van der Waals surface area contributed by atoms with Gasteiger partial charge in [0, 0.05) is 24.9 Å². The summed E-state index contributed by atoms with van der Waals surface area (Å²) in [6, 6.07) is 6.17. The Labute approximate surface area is 100 Å². The van der Waals surface area contributed by atoms with Crippen molar-refractivity contribution in [1.82, 2.24) is 0 Å². The van der Waals surface area contributed by atoms with Gasteiger partial charge in [-0.25, -0.2) is 9.18 Å². The number of halogens is 1. The molecule has 0 atom stereocenters. The van der Waals surface area contributed by atoms with E-state index >= 15 is 0 Å². The van der Waals surface area contributed by atoms with Crippen molar-refractivity contribution in [2.75, 3.05) is 18.0 Å². The maximum absolute atomic E-state index is 12.8. The molecule has 0 bridgehead atoms. The Balaban J connectivity index is 2.78. The number of hydrogen-bond donors (Lipinski definition) is 1. The molecule has 0 radical (unpaired) electrons. The zero-order chi connectivity index (χ0) is 12.8. The summed E-state index contributed by atoms with van der Waals surface area (Å²) in [6.07, 6.45) is 1.19. The van der Waals surface area contributed by atoms with Gasteiger partial charge in [0.1, 0.15) is 5.82 Å². The van der Waals surface area contributed by atoms with Crippen LogP contribution in [0.1, 0.15) is 13.8 Å². The molecule has 0 fully saturated rings. The third kappa shape index (κ3) is 4.26. The maximum Gasteiger partial charge on any atom is 0.328 e. The predicted octanol–water partition coefficient (Wildman–Crippen LogP) is 2.68. The molecule has 0 aliphatic rings.